The standard InChI is InChI=1S/C14H14F4N.Ir/c1-13(2)6-3-7-19-12(13)9-4-5-11(15)10(8-9)14(16,17)18;/h5,8H,3,6-7H2,1-2H3;/q-1;. The molecule has 0 unspecified atom stereocenters. The Bertz CT molecular complexity index is 520. The van der Waals surface area contributed by atoms with Gasteiger partial charge in [0, 0.05) is 38.0 Å². The van der Waals surface area contributed by atoms with Crippen molar-refractivity contribution in [2.75, 3.05) is 6.54 Å². The third kappa shape index (κ3) is 3.47. The van der Waals surface area contributed by atoms with Crippen molar-refractivity contribution in [1.82, 2.24) is 0 Å². The van der Waals surface area contributed by atoms with Gasteiger partial charge in [0.2, 0.25) is 0 Å². The Labute approximate surface area is 128 Å². The van der Waals surface area contributed by atoms with E-state index in [0.29, 0.717) is 12.3 Å². The Morgan fingerprint density at radius 2 is 1.95 bits per heavy atom. The molecule has 0 amide bonds. The van der Waals surface area contributed by atoms with Crippen LogP contribution in [0.1, 0.15) is 37.8 Å². The zero-order chi connectivity index (χ0) is 14.3. The van der Waals surface area contributed by atoms with Crippen LogP contribution < -0.4 is 0 Å². The molecule has 0 spiro atoms. The first-order valence-electron chi connectivity index (χ1n) is 6.05. The van der Waals surface area contributed by atoms with Gasteiger partial charge in [0.25, 0.3) is 0 Å². The van der Waals surface area contributed by atoms with E-state index in [9.17, 15) is 17.6 Å². The Balaban J connectivity index is 0.00000200. The van der Waals surface area contributed by atoms with E-state index in [-0.39, 0.29) is 31.1 Å². The van der Waals surface area contributed by atoms with Crippen LogP contribution in [0, 0.1) is 17.3 Å². The molecule has 1 aliphatic rings. The van der Waals surface area contributed by atoms with Crippen molar-refractivity contribution < 1.29 is 37.7 Å². The van der Waals surface area contributed by atoms with Crippen LogP contribution in [0.2, 0.25) is 0 Å². The van der Waals surface area contributed by atoms with Gasteiger partial charge in [-0.1, -0.05) is 13.8 Å². The maximum absolute atomic E-state index is 13.2. The minimum absolute atomic E-state index is 0. The second kappa shape index (κ2) is 5.94. The second-order valence-electron chi connectivity index (χ2n) is 5.32. The number of hydrogen-bond acceptors (Lipinski definition) is 1. The smallest absolute Gasteiger partial charge is 0.337 e. The van der Waals surface area contributed by atoms with Gasteiger partial charge in [-0.05, 0) is 24.0 Å². The minimum Gasteiger partial charge on any atom is -0.337 e. The first-order chi connectivity index (χ1) is 8.72. The van der Waals surface area contributed by atoms with Gasteiger partial charge in [0.1, 0.15) is 0 Å². The molecule has 0 saturated heterocycles. The molecule has 2 rings (SSSR count). The van der Waals surface area contributed by atoms with Gasteiger partial charge < -0.3 is 4.99 Å². The summed E-state index contributed by atoms with van der Waals surface area (Å²) in [5.74, 6) is -1.30. The Kier molecular flexibility index (Phi) is 5.14. The van der Waals surface area contributed by atoms with Gasteiger partial charge in [-0.3, -0.25) is 4.39 Å². The molecule has 0 bridgehead atoms. The van der Waals surface area contributed by atoms with Gasteiger partial charge >= 0.3 is 6.18 Å². The molecule has 1 aliphatic heterocycles. The summed E-state index contributed by atoms with van der Waals surface area (Å²) in [4.78, 5) is 4.30. The number of benzene rings is 1. The summed E-state index contributed by atoms with van der Waals surface area (Å²) >= 11 is 0. The van der Waals surface area contributed by atoms with Crippen molar-refractivity contribution >= 4 is 5.71 Å². The fourth-order valence-corrected chi connectivity index (χ4v) is 2.32. The molecule has 0 aliphatic carbocycles. The Hall–Kier alpha value is -0.741. The van der Waals surface area contributed by atoms with Crippen LogP contribution in [0.4, 0.5) is 17.6 Å². The maximum Gasteiger partial charge on any atom is 0.402 e. The number of rotatable bonds is 1. The fourth-order valence-electron chi connectivity index (χ4n) is 2.32. The molecule has 1 aromatic rings. The van der Waals surface area contributed by atoms with Gasteiger partial charge in [-0.15, -0.1) is 23.8 Å². The molecule has 20 heavy (non-hydrogen) atoms. The number of halogens is 4. The number of alkyl halides is 3. The van der Waals surface area contributed by atoms with E-state index in [0.717, 1.165) is 25.0 Å². The first-order valence-corrected chi connectivity index (χ1v) is 6.05. The maximum atomic E-state index is 13.2. The number of aliphatic imine (C=N–C) groups is 1. The van der Waals surface area contributed by atoms with Gasteiger partial charge in [0.05, 0.1) is 0 Å². The molecular weight excluding hydrogens is 450 g/mol. The number of hydrogen-bond donors (Lipinski definition) is 0. The molecule has 0 N–H and O–H groups in total. The summed E-state index contributed by atoms with van der Waals surface area (Å²) in [6.45, 7) is 4.44. The molecule has 1 radical (unpaired) electrons. The van der Waals surface area contributed by atoms with E-state index < -0.39 is 17.6 Å². The van der Waals surface area contributed by atoms with Crippen LogP contribution >= 0.6 is 0 Å². The van der Waals surface area contributed by atoms with Gasteiger partial charge in [-0.25, -0.2) is 0 Å². The largest absolute Gasteiger partial charge is 0.402 e. The number of nitrogens with zero attached hydrogens (tertiary/aromatic N) is 1. The second-order valence-corrected chi connectivity index (χ2v) is 5.32. The average Bonchev–Trinajstić information content (AvgIpc) is 2.28. The first kappa shape index (κ1) is 17.3. The quantitative estimate of drug-likeness (QED) is 0.435. The molecule has 0 fully saturated rings. The predicted octanol–water partition coefficient (Wildman–Crippen LogP) is 4.25. The summed E-state index contributed by atoms with van der Waals surface area (Å²) in [6, 6.07) is 4.12. The van der Waals surface area contributed by atoms with Gasteiger partial charge in [0.15, 0.2) is 0 Å². The summed E-state index contributed by atoms with van der Waals surface area (Å²) in [6.07, 6.45) is -2.95. The van der Waals surface area contributed by atoms with Crippen LogP contribution in [-0.4, -0.2) is 12.3 Å². The summed E-state index contributed by atoms with van der Waals surface area (Å²) in [5, 5.41) is 0. The van der Waals surface area contributed by atoms with E-state index in [1.54, 1.807) is 0 Å². The van der Waals surface area contributed by atoms with Crippen LogP contribution in [0.25, 0.3) is 0 Å². The minimum atomic E-state index is -4.70. The van der Waals surface area contributed by atoms with E-state index >= 15 is 0 Å². The summed E-state index contributed by atoms with van der Waals surface area (Å²) < 4.78 is 51.3. The van der Waals surface area contributed by atoms with Crippen molar-refractivity contribution in [3.63, 3.8) is 0 Å². The fraction of sp³-hybridized carbons (Fsp3) is 0.500. The van der Waals surface area contributed by atoms with E-state index in [1.165, 1.54) is 0 Å². The van der Waals surface area contributed by atoms with Crippen LogP contribution in [0.15, 0.2) is 17.1 Å². The van der Waals surface area contributed by atoms with E-state index in [4.69, 9.17) is 0 Å². The average molecular weight is 464 g/mol. The van der Waals surface area contributed by atoms with Crippen molar-refractivity contribution in [2.24, 2.45) is 10.4 Å². The third-order valence-corrected chi connectivity index (χ3v) is 3.33. The Morgan fingerprint density at radius 3 is 2.50 bits per heavy atom. The molecule has 1 nitrogen and oxygen atoms in total. The molecule has 0 atom stereocenters. The van der Waals surface area contributed by atoms with E-state index in [2.05, 4.69) is 11.1 Å². The van der Waals surface area contributed by atoms with Crippen molar-refractivity contribution in [3.05, 3.63) is 35.1 Å². The Morgan fingerprint density at radius 1 is 1.30 bits per heavy atom. The van der Waals surface area contributed by atoms with Crippen LogP contribution in [0.5, 0.6) is 0 Å². The summed E-state index contributed by atoms with van der Waals surface area (Å²) in [5.41, 5.74) is -0.761. The van der Waals surface area contributed by atoms with Crippen molar-refractivity contribution in [3.8, 4) is 0 Å². The molecule has 0 aromatic heterocycles. The zero-order valence-electron chi connectivity index (χ0n) is 11.1. The zero-order valence-corrected chi connectivity index (χ0v) is 13.5. The molecule has 113 valence electrons. The van der Waals surface area contributed by atoms with Crippen LogP contribution in [-0.2, 0) is 26.3 Å². The normalized spacial score (nSPS) is 18.2. The molecule has 1 aromatic carbocycles. The SMILES string of the molecule is CC1(C)CCCN=C1c1[c-]cc(F)c(C(F)(F)F)c1.[Ir]. The van der Waals surface area contributed by atoms with E-state index in [1.807, 2.05) is 13.8 Å². The monoisotopic (exact) mass is 465 g/mol. The predicted molar refractivity (Wildman–Crippen MR) is 64.7 cm³/mol. The molecular formula is C14H14F4IrN-. The topological polar surface area (TPSA) is 12.4 Å². The molecule has 0 saturated carbocycles. The molecule has 1 heterocycles. The molecule has 6 heteroatoms. The third-order valence-electron chi connectivity index (χ3n) is 3.33. The van der Waals surface area contributed by atoms with Crippen LogP contribution in [0.3, 0.4) is 0 Å². The van der Waals surface area contributed by atoms with Crippen molar-refractivity contribution in [1.29, 1.82) is 0 Å². The van der Waals surface area contributed by atoms with Gasteiger partial charge in [-0.2, -0.15) is 13.2 Å². The summed E-state index contributed by atoms with van der Waals surface area (Å²) in [7, 11) is 0. The van der Waals surface area contributed by atoms with Crippen molar-refractivity contribution in [2.45, 2.75) is 32.9 Å².